The maximum Gasteiger partial charge on any atom is 0.235 e. The molecular formula is C28H31BrN2O2. The van der Waals surface area contributed by atoms with E-state index in [0.29, 0.717) is 6.54 Å². The summed E-state index contributed by atoms with van der Waals surface area (Å²) >= 11 is 0. The molecule has 2 aliphatic heterocycles. The van der Waals surface area contributed by atoms with Gasteiger partial charge in [0.25, 0.3) is 0 Å². The number of amides is 1. The molecule has 0 saturated carbocycles. The van der Waals surface area contributed by atoms with Gasteiger partial charge in [0.15, 0.2) is 0 Å². The lowest BCUT2D eigenvalue weighted by Crippen LogP contribution is -2.51. The van der Waals surface area contributed by atoms with E-state index in [9.17, 15) is 4.79 Å². The van der Waals surface area contributed by atoms with Gasteiger partial charge < -0.3 is 15.4 Å². The van der Waals surface area contributed by atoms with E-state index >= 15 is 0 Å². The molecule has 5 heteroatoms. The SMILES string of the molecule is Br.O=C(NCCc1ccc2c(c1)CCO2)C(c1ccccc1)(c1ccccc1)[C@@H]1CCNC1. The number of fused-ring (bicyclic) bond motifs is 1. The molecule has 5 rings (SSSR count). The predicted molar refractivity (Wildman–Crippen MR) is 137 cm³/mol. The van der Waals surface area contributed by atoms with Crippen LogP contribution in [0, 0.1) is 5.92 Å². The number of rotatable bonds is 7. The first-order chi connectivity index (χ1) is 15.8. The van der Waals surface area contributed by atoms with Gasteiger partial charge in [-0.2, -0.15) is 0 Å². The van der Waals surface area contributed by atoms with Crippen LogP contribution in [0.15, 0.2) is 78.9 Å². The summed E-state index contributed by atoms with van der Waals surface area (Å²) in [5.41, 5.74) is 3.92. The first-order valence-electron chi connectivity index (χ1n) is 11.6. The number of hydrogen-bond donors (Lipinski definition) is 2. The van der Waals surface area contributed by atoms with Crippen molar-refractivity contribution in [3.8, 4) is 5.75 Å². The Labute approximate surface area is 206 Å². The third-order valence-corrected chi connectivity index (χ3v) is 6.94. The third kappa shape index (κ3) is 4.57. The van der Waals surface area contributed by atoms with Crippen molar-refractivity contribution in [3.63, 3.8) is 0 Å². The second kappa shape index (κ2) is 10.5. The van der Waals surface area contributed by atoms with Crippen molar-refractivity contribution in [1.82, 2.24) is 10.6 Å². The number of carbonyl (C=O) groups excluding carboxylic acids is 1. The molecule has 0 aromatic heterocycles. The van der Waals surface area contributed by atoms with Crippen LogP contribution < -0.4 is 15.4 Å². The Hall–Kier alpha value is -2.63. The van der Waals surface area contributed by atoms with Crippen molar-refractivity contribution < 1.29 is 9.53 Å². The zero-order valence-electron chi connectivity index (χ0n) is 18.8. The maximum absolute atomic E-state index is 14.1. The average molecular weight is 507 g/mol. The van der Waals surface area contributed by atoms with E-state index < -0.39 is 5.41 Å². The van der Waals surface area contributed by atoms with Crippen LogP contribution in [0.5, 0.6) is 5.75 Å². The van der Waals surface area contributed by atoms with E-state index in [-0.39, 0.29) is 28.8 Å². The molecule has 3 aromatic carbocycles. The van der Waals surface area contributed by atoms with Crippen LogP contribution in [-0.4, -0.2) is 32.1 Å². The number of hydrogen-bond acceptors (Lipinski definition) is 3. The summed E-state index contributed by atoms with van der Waals surface area (Å²) in [7, 11) is 0. The molecule has 2 aliphatic rings. The fourth-order valence-electron chi connectivity index (χ4n) is 5.37. The molecule has 1 amide bonds. The summed E-state index contributed by atoms with van der Waals surface area (Å²) in [6.45, 7) is 3.15. The third-order valence-electron chi connectivity index (χ3n) is 6.94. The number of ether oxygens (including phenoxy) is 1. The fraction of sp³-hybridized carbons (Fsp3) is 0.321. The highest BCUT2D eigenvalue weighted by atomic mass is 79.9. The molecule has 0 unspecified atom stereocenters. The van der Waals surface area contributed by atoms with E-state index in [2.05, 4.69) is 53.1 Å². The van der Waals surface area contributed by atoms with Crippen molar-refractivity contribution in [1.29, 1.82) is 0 Å². The van der Waals surface area contributed by atoms with Crippen molar-refractivity contribution >= 4 is 22.9 Å². The van der Waals surface area contributed by atoms with Crippen LogP contribution >= 0.6 is 17.0 Å². The molecule has 0 aliphatic carbocycles. The topological polar surface area (TPSA) is 50.4 Å². The molecule has 2 heterocycles. The highest BCUT2D eigenvalue weighted by Gasteiger charge is 2.49. The van der Waals surface area contributed by atoms with E-state index in [1.807, 2.05) is 36.4 Å². The molecule has 4 nitrogen and oxygen atoms in total. The van der Waals surface area contributed by atoms with Crippen LogP contribution in [0.4, 0.5) is 0 Å². The number of benzene rings is 3. The van der Waals surface area contributed by atoms with Gasteiger partial charge in [-0.3, -0.25) is 4.79 Å². The highest BCUT2D eigenvalue weighted by molar-refractivity contribution is 8.93. The molecule has 172 valence electrons. The molecule has 2 N–H and O–H groups in total. The van der Waals surface area contributed by atoms with Gasteiger partial charge in [-0.15, -0.1) is 17.0 Å². The molecule has 1 atom stereocenters. The highest BCUT2D eigenvalue weighted by Crippen LogP contribution is 2.42. The van der Waals surface area contributed by atoms with Gasteiger partial charge in [-0.05, 0) is 60.2 Å². The standard InChI is InChI=1S/C28H30N2O2.BrH/c31-27(30-17-13-21-11-12-26-22(19-21)15-18-32-26)28(25-14-16-29-20-25,23-7-3-1-4-8-23)24-9-5-2-6-10-24;/h1-12,19,25,29H,13-18,20H2,(H,30,31);1H/t25-;/m1./s1. The monoisotopic (exact) mass is 506 g/mol. The lowest BCUT2D eigenvalue weighted by molar-refractivity contribution is -0.127. The van der Waals surface area contributed by atoms with Gasteiger partial charge in [-0.1, -0.05) is 72.8 Å². The fourth-order valence-corrected chi connectivity index (χ4v) is 5.37. The van der Waals surface area contributed by atoms with Crippen LogP contribution in [0.1, 0.15) is 28.7 Å². The van der Waals surface area contributed by atoms with E-state index in [4.69, 9.17) is 4.74 Å². The Kier molecular flexibility index (Phi) is 7.51. The first-order valence-corrected chi connectivity index (χ1v) is 11.6. The summed E-state index contributed by atoms with van der Waals surface area (Å²) in [5, 5.41) is 6.80. The molecule has 33 heavy (non-hydrogen) atoms. The molecule has 3 aromatic rings. The largest absolute Gasteiger partial charge is 0.493 e. The Morgan fingerprint density at radius 1 is 1.00 bits per heavy atom. The van der Waals surface area contributed by atoms with Crippen molar-refractivity contribution in [2.75, 3.05) is 26.2 Å². The molecule has 0 radical (unpaired) electrons. The maximum atomic E-state index is 14.1. The van der Waals surface area contributed by atoms with Gasteiger partial charge in [0.1, 0.15) is 11.2 Å². The Balaban J connectivity index is 0.00000259. The normalized spacial score (nSPS) is 17.0. The second-order valence-corrected chi connectivity index (χ2v) is 8.78. The van der Waals surface area contributed by atoms with Gasteiger partial charge in [0, 0.05) is 13.0 Å². The lowest BCUT2D eigenvalue weighted by Gasteiger charge is -2.38. The molecule has 1 saturated heterocycles. The zero-order valence-corrected chi connectivity index (χ0v) is 20.5. The molecule has 0 bridgehead atoms. The van der Waals surface area contributed by atoms with Gasteiger partial charge in [0.2, 0.25) is 5.91 Å². The van der Waals surface area contributed by atoms with E-state index in [1.54, 1.807) is 0 Å². The zero-order chi connectivity index (χ0) is 21.8. The Bertz CT molecular complexity index is 1030. The van der Waals surface area contributed by atoms with Crippen molar-refractivity contribution in [2.24, 2.45) is 5.92 Å². The smallest absolute Gasteiger partial charge is 0.235 e. The Morgan fingerprint density at radius 2 is 1.70 bits per heavy atom. The van der Waals surface area contributed by atoms with Crippen LogP contribution in [0.3, 0.4) is 0 Å². The van der Waals surface area contributed by atoms with E-state index in [1.165, 1.54) is 11.1 Å². The number of nitrogens with one attached hydrogen (secondary N) is 2. The summed E-state index contributed by atoms with van der Waals surface area (Å²) in [5.74, 6) is 1.29. The quantitative estimate of drug-likeness (QED) is 0.497. The summed E-state index contributed by atoms with van der Waals surface area (Å²) in [6, 6.07) is 27.0. The average Bonchev–Trinajstić information content (AvgIpc) is 3.53. The van der Waals surface area contributed by atoms with Crippen LogP contribution in [0.2, 0.25) is 0 Å². The summed E-state index contributed by atoms with van der Waals surface area (Å²) < 4.78 is 5.62. The molecule has 1 fully saturated rings. The molecule has 0 spiro atoms. The lowest BCUT2D eigenvalue weighted by atomic mass is 9.64. The van der Waals surface area contributed by atoms with Gasteiger partial charge in [0.05, 0.1) is 6.61 Å². The number of carbonyl (C=O) groups is 1. The van der Waals surface area contributed by atoms with Gasteiger partial charge >= 0.3 is 0 Å². The van der Waals surface area contributed by atoms with Crippen LogP contribution in [-0.2, 0) is 23.1 Å². The van der Waals surface area contributed by atoms with Crippen molar-refractivity contribution in [3.05, 3.63) is 101 Å². The minimum atomic E-state index is -0.711. The minimum absolute atomic E-state index is 0. The number of halogens is 1. The van der Waals surface area contributed by atoms with Crippen LogP contribution in [0.25, 0.3) is 0 Å². The Morgan fingerprint density at radius 3 is 2.33 bits per heavy atom. The van der Waals surface area contributed by atoms with Gasteiger partial charge in [-0.25, -0.2) is 0 Å². The molecular weight excluding hydrogens is 476 g/mol. The minimum Gasteiger partial charge on any atom is -0.493 e. The van der Waals surface area contributed by atoms with Crippen molar-refractivity contribution in [2.45, 2.75) is 24.7 Å². The summed E-state index contributed by atoms with van der Waals surface area (Å²) in [4.78, 5) is 14.1. The summed E-state index contributed by atoms with van der Waals surface area (Å²) in [6.07, 6.45) is 2.75. The first kappa shape index (κ1) is 23.5. The predicted octanol–water partition coefficient (Wildman–Crippen LogP) is 4.45. The second-order valence-electron chi connectivity index (χ2n) is 8.78. The van der Waals surface area contributed by atoms with E-state index in [0.717, 1.165) is 55.8 Å².